The zero-order valence-electron chi connectivity index (χ0n) is 4.46. The number of rotatable bonds is 1. The third-order valence-electron chi connectivity index (χ3n) is 2.29. The van der Waals surface area contributed by atoms with Gasteiger partial charge in [0.05, 0.1) is 0 Å². The van der Waals surface area contributed by atoms with Crippen molar-refractivity contribution < 1.29 is 4.92 Å². The van der Waals surface area contributed by atoms with Crippen molar-refractivity contribution in [2.45, 2.75) is 25.3 Å². The lowest BCUT2D eigenvalue weighted by Crippen LogP contribution is -2.02. The van der Waals surface area contributed by atoms with Crippen LogP contribution in [0.2, 0.25) is 0 Å². The van der Waals surface area contributed by atoms with Crippen LogP contribution in [0.4, 0.5) is 0 Å². The minimum absolute atomic E-state index is 0.132. The first kappa shape index (κ1) is 4.30. The van der Waals surface area contributed by atoms with Crippen molar-refractivity contribution in [2.75, 3.05) is 0 Å². The van der Waals surface area contributed by atoms with E-state index in [0.717, 1.165) is 19.3 Å². The van der Waals surface area contributed by atoms with Gasteiger partial charge in [0.25, 0.3) is 0 Å². The Hall–Kier alpha value is -0.600. The Morgan fingerprint density at radius 1 is 1.62 bits per heavy atom. The van der Waals surface area contributed by atoms with Crippen LogP contribution in [0, 0.1) is 15.5 Å². The third kappa shape index (κ3) is 0.345. The predicted molar refractivity (Wildman–Crippen MR) is 27.1 cm³/mol. The van der Waals surface area contributed by atoms with Gasteiger partial charge in [0.15, 0.2) is 0 Å². The fraction of sp³-hybridized carbons (Fsp3) is 1.00. The molecule has 0 amide bonds. The molecular weight excluding hydrogens is 106 g/mol. The molecule has 3 nitrogen and oxygen atoms in total. The van der Waals surface area contributed by atoms with Gasteiger partial charge in [0.2, 0.25) is 6.04 Å². The first-order valence-corrected chi connectivity index (χ1v) is 2.88. The maximum atomic E-state index is 10.0. The van der Waals surface area contributed by atoms with Gasteiger partial charge < -0.3 is 0 Å². The lowest BCUT2D eigenvalue weighted by Gasteiger charge is -1.82. The maximum absolute atomic E-state index is 10.0. The molecule has 2 fully saturated rings. The van der Waals surface area contributed by atoms with Crippen LogP contribution in [0.3, 0.4) is 0 Å². The summed E-state index contributed by atoms with van der Waals surface area (Å²) in [6.45, 7) is 0. The smallest absolute Gasteiger partial charge is 0.219 e. The molecule has 0 aromatic heterocycles. The average molecular weight is 113 g/mol. The van der Waals surface area contributed by atoms with E-state index in [0.29, 0.717) is 0 Å². The molecule has 0 bridgehead atoms. The van der Waals surface area contributed by atoms with Crippen LogP contribution < -0.4 is 0 Å². The summed E-state index contributed by atoms with van der Waals surface area (Å²) in [5, 5.41) is 10.0. The van der Waals surface area contributed by atoms with Crippen LogP contribution >= 0.6 is 0 Å². The number of hydrogen-bond acceptors (Lipinski definition) is 2. The summed E-state index contributed by atoms with van der Waals surface area (Å²) in [5.41, 5.74) is 0.240. The monoisotopic (exact) mass is 113 g/mol. The molecule has 3 heteroatoms. The molecule has 2 aliphatic carbocycles. The second kappa shape index (κ2) is 0.900. The molecular formula is C5H7NO2. The molecule has 2 aliphatic rings. The third-order valence-corrected chi connectivity index (χ3v) is 2.29. The molecule has 1 atom stereocenters. The van der Waals surface area contributed by atoms with Crippen LogP contribution in [0.15, 0.2) is 0 Å². The molecule has 0 aliphatic heterocycles. The topological polar surface area (TPSA) is 43.1 Å². The van der Waals surface area contributed by atoms with Crippen molar-refractivity contribution in [1.82, 2.24) is 0 Å². The van der Waals surface area contributed by atoms with Crippen molar-refractivity contribution in [3.63, 3.8) is 0 Å². The molecule has 0 aromatic rings. The van der Waals surface area contributed by atoms with E-state index in [1.54, 1.807) is 0 Å². The number of nitrogens with zero attached hydrogens (tertiary/aromatic N) is 1. The Labute approximate surface area is 46.8 Å². The second-order valence-corrected chi connectivity index (χ2v) is 2.87. The fourth-order valence-corrected chi connectivity index (χ4v) is 1.32. The van der Waals surface area contributed by atoms with Crippen LogP contribution in [-0.2, 0) is 0 Å². The van der Waals surface area contributed by atoms with Gasteiger partial charge in [-0.2, -0.15) is 0 Å². The molecule has 1 spiro atoms. The summed E-state index contributed by atoms with van der Waals surface area (Å²) in [7, 11) is 0. The van der Waals surface area contributed by atoms with Gasteiger partial charge in [-0.25, -0.2) is 0 Å². The second-order valence-electron chi connectivity index (χ2n) is 2.87. The molecule has 0 aromatic carbocycles. The molecule has 1 unspecified atom stereocenters. The zero-order chi connectivity index (χ0) is 5.78. The first-order chi connectivity index (χ1) is 3.75. The van der Waals surface area contributed by atoms with E-state index in [1.165, 1.54) is 0 Å². The quantitative estimate of drug-likeness (QED) is 0.373. The highest BCUT2D eigenvalue weighted by atomic mass is 16.6. The SMILES string of the molecule is O=[N+]([O-])C1CC12CC2. The highest BCUT2D eigenvalue weighted by Crippen LogP contribution is 2.66. The van der Waals surface area contributed by atoms with Gasteiger partial charge in [-0.1, -0.05) is 0 Å². The Balaban J connectivity index is 2.06. The zero-order valence-corrected chi connectivity index (χ0v) is 4.46. The van der Waals surface area contributed by atoms with E-state index in [1.807, 2.05) is 0 Å². The van der Waals surface area contributed by atoms with Crippen molar-refractivity contribution >= 4 is 0 Å². The summed E-state index contributed by atoms with van der Waals surface area (Å²) < 4.78 is 0. The van der Waals surface area contributed by atoms with E-state index >= 15 is 0 Å². The van der Waals surface area contributed by atoms with E-state index < -0.39 is 0 Å². The predicted octanol–water partition coefficient (Wildman–Crippen LogP) is 0.816. The van der Waals surface area contributed by atoms with Gasteiger partial charge in [0, 0.05) is 16.8 Å². The van der Waals surface area contributed by atoms with Gasteiger partial charge in [-0.3, -0.25) is 10.1 Å². The van der Waals surface area contributed by atoms with Gasteiger partial charge in [-0.05, 0) is 12.8 Å². The van der Waals surface area contributed by atoms with Gasteiger partial charge in [-0.15, -0.1) is 0 Å². The van der Waals surface area contributed by atoms with Crippen molar-refractivity contribution in [2.24, 2.45) is 5.41 Å². The van der Waals surface area contributed by atoms with E-state index in [4.69, 9.17) is 0 Å². The summed E-state index contributed by atoms with van der Waals surface area (Å²) in [6, 6.07) is -0.150. The molecule has 0 heterocycles. The molecule has 0 N–H and O–H groups in total. The molecule has 8 heavy (non-hydrogen) atoms. The van der Waals surface area contributed by atoms with Crippen LogP contribution in [0.5, 0.6) is 0 Å². The summed E-state index contributed by atoms with van der Waals surface area (Å²) in [5.74, 6) is 0. The molecule has 0 saturated heterocycles. The van der Waals surface area contributed by atoms with Crippen molar-refractivity contribution in [3.05, 3.63) is 10.1 Å². The summed E-state index contributed by atoms with van der Waals surface area (Å²) >= 11 is 0. The van der Waals surface area contributed by atoms with Crippen LogP contribution in [-0.4, -0.2) is 11.0 Å². The minimum atomic E-state index is -0.150. The first-order valence-electron chi connectivity index (χ1n) is 2.88. The highest BCUT2D eigenvalue weighted by Gasteiger charge is 2.71. The Bertz CT molecular complexity index is 151. The largest absolute Gasteiger partial charge is 0.264 e. The van der Waals surface area contributed by atoms with E-state index in [-0.39, 0.29) is 16.4 Å². The number of nitro groups is 1. The fourth-order valence-electron chi connectivity index (χ4n) is 1.32. The van der Waals surface area contributed by atoms with Crippen LogP contribution in [0.1, 0.15) is 19.3 Å². The molecule has 2 saturated carbocycles. The Morgan fingerprint density at radius 2 is 2.25 bits per heavy atom. The van der Waals surface area contributed by atoms with E-state index in [9.17, 15) is 10.1 Å². The lowest BCUT2D eigenvalue weighted by atomic mass is 10.4. The summed E-state index contributed by atoms with van der Waals surface area (Å²) in [4.78, 5) is 9.89. The standard InChI is InChI=1S/C5H7NO2/c7-6(8)4-3-5(4)1-2-5/h4H,1-3H2. The maximum Gasteiger partial charge on any atom is 0.219 e. The van der Waals surface area contributed by atoms with Gasteiger partial charge >= 0.3 is 0 Å². The van der Waals surface area contributed by atoms with Crippen LogP contribution in [0.25, 0.3) is 0 Å². The normalized spacial score (nSPS) is 37.2. The van der Waals surface area contributed by atoms with Crippen molar-refractivity contribution in [3.8, 4) is 0 Å². The van der Waals surface area contributed by atoms with Gasteiger partial charge in [0.1, 0.15) is 0 Å². The molecule has 2 rings (SSSR count). The highest BCUT2D eigenvalue weighted by molar-refractivity contribution is 5.13. The van der Waals surface area contributed by atoms with E-state index in [2.05, 4.69) is 0 Å². The van der Waals surface area contributed by atoms with Crippen molar-refractivity contribution in [1.29, 1.82) is 0 Å². The number of hydrogen-bond donors (Lipinski definition) is 0. The molecule has 0 radical (unpaired) electrons. The minimum Gasteiger partial charge on any atom is -0.264 e. The lowest BCUT2D eigenvalue weighted by molar-refractivity contribution is -0.499. The summed E-state index contributed by atoms with van der Waals surface area (Å²) in [6.07, 6.45) is 3.08. The average Bonchev–Trinajstić information content (AvgIpc) is 2.50. The molecule has 44 valence electrons. The Morgan fingerprint density at radius 3 is 2.38 bits per heavy atom. The Kier molecular flexibility index (Phi) is 0.483.